The van der Waals surface area contributed by atoms with E-state index in [1.54, 1.807) is 46.9 Å². The summed E-state index contributed by atoms with van der Waals surface area (Å²) in [7, 11) is 3.54. The highest BCUT2D eigenvalue weighted by Gasteiger charge is 2.30. The van der Waals surface area contributed by atoms with Crippen LogP contribution < -0.4 is 10.9 Å². The molecule has 1 amide bonds. The van der Waals surface area contributed by atoms with E-state index < -0.39 is 6.04 Å². The maximum absolute atomic E-state index is 12.9. The van der Waals surface area contributed by atoms with Gasteiger partial charge in [-0.1, -0.05) is 29.3 Å². The number of nitrogens with zero attached hydrogens (tertiary/aromatic N) is 5. The van der Waals surface area contributed by atoms with Crippen molar-refractivity contribution in [2.45, 2.75) is 31.5 Å². The number of anilines is 1. The summed E-state index contributed by atoms with van der Waals surface area (Å²) in [5, 5.41) is 18.0. The normalized spacial score (nSPS) is 15.8. The number of likely N-dealkylation sites (tertiary alicyclic amines) is 1. The third-order valence-electron chi connectivity index (χ3n) is 6.10. The smallest absolute Gasteiger partial charge is 0.278 e. The lowest BCUT2D eigenvalue weighted by Gasteiger charge is -2.35. The van der Waals surface area contributed by atoms with Gasteiger partial charge in [0.2, 0.25) is 11.9 Å². The zero-order valence-corrected chi connectivity index (χ0v) is 20.5. The van der Waals surface area contributed by atoms with Crippen LogP contribution >= 0.6 is 23.2 Å². The number of aromatic amines is 1. The van der Waals surface area contributed by atoms with Crippen LogP contribution in [0.4, 0.5) is 5.95 Å². The van der Waals surface area contributed by atoms with Gasteiger partial charge in [0, 0.05) is 19.6 Å². The van der Waals surface area contributed by atoms with E-state index in [4.69, 9.17) is 23.2 Å². The van der Waals surface area contributed by atoms with Crippen LogP contribution in [0.15, 0.2) is 29.2 Å². The number of aliphatic hydroxyl groups is 1. The minimum absolute atomic E-state index is 0.0219. The summed E-state index contributed by atoms with van der Waals surface area (Å²) in [5.41, 5.74) is 1.51. The summed E-state index contributed by atoms with van der Waals surface area (Å²) < 4.78 is 1.71. The SMILES string of the molecule is CN(C)C(CO)C(=O)N1CCC(n2ncc3nc(NCc4ccc(Cl)c(Cl)c4)[nH]c(=O)c32)CC1. The van der Waals surface area contributed by atoms with Crippen LogP contribution in [0.2, 0.25) is 10.0 Å². The first kappa shape index (κ1) is 24.5. The first-order valence-corrected chi connectivity index (χ1v) is 11.8. The molecule has 2 aromatic heterocycles. The largest absolute Gasteiger partial charge is 0.394 e. The highest BCUT2D eigenvalue weighted by Crippen LogP contribution is 2.26. The summed E-state index contributed by atoms with van der Waals surface area (Å²) in [6.45, 7) is 1.25. The lowest BCUT2D eigenvalue weighted by molar-refractivity contribution is -0.138. The van der Waals surface area contributed by atoms with E-state index in [0.29, 0.717) is 59.5 Å². The lowest BCUT2D eigenvalue weighted by atomic mass is 10.0. The second-order valence-electron chi connectivity index (χ2n) is 8.56. The summed E-state index contributed by atoms with van der Waals surface area (Å²) in [6.07, 6.45) is 2.90. The van der Waals surface area contributed by atoms with Crippen LogP contribution in [0.3, 0.4) is 0 Å². The first-order chi connectivity index (χ1) is 16.3. The Balaban J connectivity index is 1.45. The van der Waals surface area contributed by atoms with E-state index in [0.717, 1.165) is 5.56 Å². The molecule has 3 heterocycles. The van der Waals surface area contributed by atoms with Gasteiger partial charge < -0.3 is 15.3 Å². The second-order valence-corrected chi connectivity index (χ2v) is 9.37. The van der Waals surface area contributed by atoms with Gasteiger partial charge in [0.05, 0.1) is 28.9 Å². The average molecular weight is 508 g/mol. The van der Waals surface area contributed by atoms with Gasteiger partial charge in [-0.3, -0.25) is 24.2 Å². The molecule has 10 nitrogen and oxygen atoms in total. The number of aliphatic hydroxyl groups excluding tert-OH is 1. The highest BCUT2D eigenvalue weighted by atomic mass is 35.5. The number of nitrogens with one attached hydrogen (secondary N) is 2. The lowest BCUT2D eigenvalue weighted by Crippen LogP contribution is -2.50. The Morgan fingerprint density at radius 1 is 1.29 bits per heavy atom. The van der Waals surface area contributed by atoms with Gasteiger partial charge in [0.1, 0.15) is 11.6 Å². The number of piperidine rings is 1. The van der Waals surface area contributed by atoms with Crippen LogP contribution in [0.25, 0.3) is 11.0 Å². The third-order valence-corrected chi connectivity index (χ3v) is 6.84. The van der Waals surface area contributed by atoms with Crippen LogP contribution in [-0.4, -0.2) is 80.4 Å². The molecular weight excluding hydrogens is 481 g/mol. The predicted octanol–water partition coefficient (Wildman–Crippen LogP) is 2.12. The van der Waals surface area contributed by atoms with Crippen LogP contribution in [0.1, 0.15) is 24.4 Å². The minimum Gasteiger partial charge on any atom is -0.394 e. The minimum atomic E-state index is -0.552. The number of H-pyrrole nitrogens is 1. The molecule has 12 heteroatoms. The van der Waals surface area contributed by atoms with Crippen LogP contribution in [0, 0.1) is 0 Å². The third kappa shape index (κ3) is 5.05. The molecule has 1 aliphatic heterocycles. The monoisotopic (exact) mass is 507 g/mol. The van der Waals surface area contributed by atoms with Gasteiger partial charge in [-0.15, -0.1) is 0 Å². The molecule has 4 rings (SSSR count). The Morgan fingerprint density at radius 2 is 2.03 bits per heavy atom. The fourth-order valence-corrected chi connectivity index (χ4v) is 4.49. The van der Waals surface area contributed by atoms with Crippen LogP contribution in [-0.2, 0) is 11.3 Å². The first-order valence-electron chi connectivity index (χ1n) is 11.0. The average Bonchev–Trinajstić information content (AvgIpc) is 3.25. The molecule has 1 unspecified atom stereocenters. The van der Waals surface area contributed by atoms with E-state index >= 15 is 0 Å². The van der Waals surface area contributed by atoms with Crippen molar-refractivity contribution < 1.29 is 9.90 Å². The van der Waals surface area contributed by atoms with Crippen molar-refractivity contribution in [3.05, 3.63) is 50.4 Å². The molecule has 0 radical (unpaired) electrons. The van der Waals surface area contributed by atoms with Crippen molar-refractivity contribution in [1.29, 1.82) is 0 Å². The standard InChI is InChI=1S/C22H27Cl2N7O3/c1-29(2)18(12-32)21(34)30-7-5-14(6-8-30)31-19-17(11-26-31)27-22(28-20(19)33)25-10-13-3-4-15(23)16(24)9-13/h3-4,9,11,14,18,32H,5-8,10,12H2,1-2H3,(H2,25,27,28,33). The number of rotatable bonds is 7. The summed E-state index contributed by atoms with van der Waals surface area (Å²) in [6, 6.07) is 4.74. The quantitative estimate of drug-likeness (QED) is 0.447. The van der Waals surface area contributed by atoms with E-state index in [1.807, 2.05) is 6.07 Å². The molecule has 1 fully saturated rings. The van der Waals surface area contributed by atoms with E-state index in [2.05, 4.69) is 20.4 Å². The molecule has 0 saturated carbocycles. The Morgan fingerprint density at radius 3 is 2.68 bits per heavy atom. The van der Waals surface area contributed by atoms with E-state index in [9.17, 15) is 14.7 Å². The molecule has 0 spiro atoms. The highest BCUT2D eigenvalue weighted by molar-refractivity contribution is 6.42. The summed E-state index contributed by atoms with van der Waals surface area (Å²) >= 11 is 12.0. The molecule has 1 aromatic carbocycles. The number of aromatic nitrogens is 4. The number of halogens is 2. The molecular formula is C22H27Cl2N7O3. The fourth-order valence-electron chi connectivity index (χ4n) is 4.17. The Hall–Kier alpha value is -2.66. The number of carbonyl (C=O) groups is 1. The number of benzene rings is 1. The zero-order valence-electron chi connectivity index (χ0n) is 19.0. The fraction of sp³-hybridized carbons (Fsp3) is 0.455. The number of hydrogen-bond donors (Lipinski definition) is 3. The van der Waals surface area contributed by atoms with E-state index in [-0.39, 0.29) is 24.1 Å². The van der Waals surface area contributed by atoms with Crippen molar-refractivity contribution in [2.75, 3.05) is 39.1 Å². The Labute approximate surface area is 206 Å². The zero-order chi connectivity index (χ0) is 24.4. The van der Waals surface area contributed by atoms with Gasteiger partial charge in [-0.05, 0) is 44.6 Å². The predicted molar refractivity (Wildman–Crippen MR) is 131 cm³/mol. The molecule has 34 heavy (non-hydrogen) atoms. The van der Waals surface area contributed by atoms with Gasteiger partial charge in [0.15, 0.2) is 5.52 Å². The Bertz CT molecular complexity index is 1230. The maximum Gasteiger partial charge on any atom is 0.278 e. The molecule has 0 aliphatic carbocycles. The number of hydrogen-bond acceptors (Lipinski definition) is 7. The second kappa shape index (κ2) is 10.3. The van der Waals surface area contributed by atoms with Gasteiger partial charge in [-0.2, -0.15) is 5.10 Å². The molecule has 3 N–H and O–H groups in total. The molecule has 182 valence electrons. The van der Waals surface area contributed by atoms with Crippen LogP contribution in [0.5, 0.6) is 0 Å². The summed E-state index contributed by atoms with van der Waals surface area (Å²) in [4.78, 5) is 36.3. The van der Waals surface area contributed by atoms with Crippen molar-refractivity contribution in [3.8, 4) is 0 Å². The number of fused-ring (bicyclic) bond motifs is 1. The number of likely N-dealkylation sites (N-methyl/N-ethyl adjacent to an activating group) is 1. The maximum atomic E-state index is 12.9. The van der Waals surface area contributed by atoms with Crippen molar-refractivity contribution in [3.63, 3.8) is 0 Å². The molecule has 0 bridgehead atoms. The number of amides is 1. The molecule has 3 aromatic rings. The van der Waals surface area contributed by atoms with Crippen molar-refractivity contribution >= 4 is 46.1 Å². The van der Waals surface area contributed by atoms with Crippen molar-refractivity contribution in [1.82, 2.24) is 29.5 Å². The molecule has 1 aliphatic rings. The van der Waals surface area contributed by atoms with Gasteiger partial charge in [-0.25, -0.2) is 4.98 Å². The molecule has 1 saturated heterocycles. The van der Waals surface area contributed by atoms with Gasteiger partial charge >= 0.3 is 0 Å². The Kier molecular flexibility index (Phi) is 7.42. The van der Waals surface area contributed by atoms with Crippen molar-refractivity contribution in [2.24, 2.45) is 0 Å². The topological polar surface area (TPSA) is 119 Å². The molecule has 1 atom stereocenters. The number of carbonyl (C=O) groups excluding carboxylic acids is 1. The summed E-state index contributed by atoms with van der Waals surface area (Å²) in [5.74, 6) is 0.246. The van der Waals surface area contributed by atoms with E-state index in [1.165, 1.54) is 0 Å². The van der Waals surface area contributed by atoms with Gasteiger partial charge in [0.25, 0.3) is 5.56 Å².